The molecule has 150 valence electrons. The molecule has 1 unspecified atom stereocenters. The molecule has 0 aliphatic heterocycles. The first-order valence-electron chi connectivity index (χ1n) is 10.2. The zero-order chi connectivity index (χ0) is 21.3. The third-order valence-electron chi connectivity index (χ3n) is 6.06. The number of hydrogen-bond acceptors (Lipinski definition) is 0. The molecule has 1 aliphatic rings. The van der Waals surface area contributed by atoms with Crippen molar-refractivity contribution in [2.24, 2.45) is 0 Å². The Morgan fingerprint density at radius 3 is 2.10 bits per heavy atom. The van der Waals surface area contributed by atoms with Gasteiger partial charge in [-0.1, -0.05) is 91.5 Å². The van der Waals surface area contributed by atoms with Crippen LogP contribution in [0.25, 0.3) is 38.7 Å². The van der Waals surface area contributed by atoms with Crippen LogP contribution in [0.1, 0.15) is 23.6 Å². The summed E-state index contributed by atoms with van der Waals surface area (Å²) in [6, 6.07) is 26.9. The van der Waals surface area contributed by atoms with Gasteiger partial charge >= 0.3 is 37.9 Å². The Bertz CT molecular complexity index is 1250. The van der Waals surface area contributed by atoms with Gasteiger partial charge in [-0.15, -0.1) is 0 Å². The maximum absolute atomic E-state index is 4.93. The van der Waals surface area contributed by atoms with E-state index in [2.05, 4.69) is 98.9 Å². The SMILES string of the molecule is CC1=Cc2c(-c3cc4ccccc4c4ccccc34)cccc2C1[SiH](C)C.[Cl][Zr][Cl]. The molecule has 0 aromatic heterocycles. The molecule has 1 aliphatic carbocycles. The van der Waals surface area contributed by atoms with Crippen molar-refractivity contribution in [3.05, 3.63) is 89.5 Å². The first-order valence-corrected chi connectivity index (χ1v) is 19.6. The Morgan fingerprint density at radius 1 is 0.767 bits per heavy atom. The Morgan fingerprint density at radius 2 is 1.40 bits per heavy atom. The van der Waals surface area contributed by atoms with Crippen LogP contribution < -0.4 is 0 Å². The van der Waals surface area contributed by atoms with Crippen molar-refractivity contribution >= 4 is 53.4 Å². The van der Waals surface area contributed by atoms with Gasteiger partial charge in [-0.25, -0.2) is 0 Å². The average molecular weight is 527 g/mol. The van der Waals surface area contributed by atoms with Crippen LogP contribution in [-0.2, 0) is 20.8 Å². The van der Waals surface area contributed by atoms with Crippen LogP contribution in [0.15, 0.2) is 78.4 Å². The summed E-state index contributed by atoms with van der Waals surface area (Å²) in [5.41, 5.74) is 7.95. The van der Waals surface area contributed by atoms with Crippen LogP contribution in [0.3, 0.4) is 0 Å². The number of hydrogen-bond donors (Lipinski definition) is 0. The zero-order valence-electron chi connectivity index (χ0n) is 17.4. The van der Waals surface area contributed by atoms with Crippen LogP contribution in [0.2, 0.25) is 13.1 Å². The minimum absolute atomic E-state index is 0.673. The number of benzene rings is 4. The minimum atomic E-state index is -0.826. The van der Waals surface area contributed by atoms with E-state index in [9.17, 15) is 0 Å². The average Bonchev–Trinajstić information content (AvgIpc) is 3.10. The topological polar surface area (TPSA) is 0 Å². The van der Waals surface area contributed by atoms with Crippen LogP contribution in [-0.4, -0.2) is 8.80 Å². The van der Waals surface area contributed by atoms with Gasteiger partial charge in [0.15, 0.2) is 0 Å². The Hall–Kier alpha value is -1.18. The molecule has 0 N–H and O–H groups in total. The summed E-state index contributed by atoms with van der Waals surface area (Å²) >= 11 is -0.826. The predicted molar refractivity (Wildman–Crippen MR) is 134 cm³/mol. The fourth-order valence-corrected chi connectivity index (χ4v) is 7.13. The normalized spacial score (nSPS) is 15.0. The van der Waals surface area contributed by atoms with Crippen LogP contribution in [0.5, 0.6) is 0 Å². The summed E-state index contributed by atoms with van der Waals surface area (Å²) in [6.07, 6.45) is 2.45. The van der Waals surface area contributed by atoms with Crippen molar-refractivity contribution in [2.45, 2.75) is 25.6 Å². The van der Waals surface area contributed by atoms with E-state index in [1.165, 1.54) is 38.2 Å². The molecule has 0 spiro atoms. The fourth-order valence-electron chi connectivity index (χ4n) is 4.97. The van der Waals surface area contributed by atoms with Gasteiger partial charge in [0, 0.05) is 8.80 Å². The van der Waals surface area contributed by atoms with Crippen molar-refractivity contribution < 1.29 is 20.8 Å². The van der Waals surface area contributed by atoms with E-state index in [4.69, 9.17) is 17.0 Å². The van der Waals surface area contributed by atoms with Crippen LogP contribution in [0, 0.1) is 0 Å². The van der Waals surface area contributed by atoms with E-state index < -0.39 is 29.6 Å². The van der Waals surface area contributed by atoms with Gasteiger partial charge in [0.1, 0.15) is 0 Å². The summed E-state index contributed by atoms with van der Waals surface area (Å²) in [7, 11) is 9.08. The summed E-state index contributed by atoms with van der Waals surface area (Å²) in [4.78, 5) is 0. The molecule has 4 heteroatoms. The molecular formula is C26H24Cl2SiZr. The quantitative estimate of drug-likeness (QED) is 0.181. The van der Waals surface area contributed by atoms with Gasteiger partial charge in [0.2, 0.25) is 0 Å². The molecule has 5 rings (SSSR count). The van der Waals surface area contributed by atoms with E-state index in [-0.39, 0.29) is 0 Å². The molecule has 0 fully saturated rings. The van der Waals surface area contributed by atoms with Crippen molar-refractivity contribution in [1.82, 2.24) is 0 Å². The maximum atomic E-state index is 4.93. The first-order chi connectivity index (χ1) is 14.6. The van der Waals surface area contributed by atoms with Crippen molar-refractivity contribution in [3.8, 4) is 11.1 Å². The molecule has 4 aromatic carbocycles. The molecule has 4 aromatic rings. The molecule has 0 saturated heterocycles. The Kier molecular flexibility index (Phi) is 7.00. The molecule has 0 nitrogen and oxygen atoms in total. The van der Waals surface area contributed by atoms with Crippen molar-refractivity contribution in [1.29, 1.82) is 0 Å². The van der Waals surface area contributed by atoms with Crippen molar-refractivity contribution in [3.63, 3.8) is 0 Å². The number of rotatable bonds is 2. The molecule has 0 radical (unpaired) electrons. The van der Waals surface area contributed by atoms with Crippen LogP contribution >= 0.6 is 17.0 Å². The van der Waals surface area contributed by atoms with Gasteiger partial charge in [-0.05, 0) is 62.3 Å². The number of halogens is 2. The molecule has 0 saturated carbocycles. The van der Waals surface area contributed by atoms with E-state index in [0.717, 1.165) is 0 Å². The molecule has 0 amide bonds. The number of allylic oxidation sites excluding steroid dienone is 1. The fraction of sp³-hybridized carbons (Fsp3) is 0.154. The summed E-state index contributed by atoms with van der Waals surface area (Å²) in [6.45, 7) is 7.25. The Labute approximate surface area is 199 Å². The van der Waals surface area contributed by atoms with E-state index in [1.54, 1.807) is 11.1 Å². The second-order valence-corrected chi connectivity index (χ2v) is 15.1. The number of fused-ring (bicyclic) bond motifs is 4. The Balaban J connectivity index is 0.000000687. The molecule has 30 heavy (non-hydrogen) atoms. The standard InChI is InChI=1S/C26H24Si.2ClH.Zr/c1-17-15-24-22(13-8-14-23(24)26(17)27(2)3)25-16-18-9-4-5-10-19(18)20-11-6-7-12-21(20)25;;;/h4-16,26-27H,1-3H3;2*1H;/q;;;+2/p-2. The summed E-state index contributed by atoms with van der Waals surface area (Å²) in [5.74, 6) is 0. The monoisotopic (exact) mass is 524 g/mol. The molecule has 0 heterocycles. The predicted octanol–water partition coefficient (Wildman–Crippen LogP) is 8.56. The van der Waals surface area contributed by atoms with Crippen molar-refractivity contribution in [2.75, 3.05) is 0 Å². The van der Waals surface area contributed by atoms with Gasteiger partial charge in [-0.2, -0.15) is 0 Å². The molecule has 1 atom stereocenters. The third-order valence-corrected chi connectivity index (χ3v) is 8.28. The second kappa shape index (κ2) is 9.53. The van der Waals surface area contributed by atoms with E-state index in [1.807, 2.05) is 0 Å². The van der Waals surface area contributed by atoms with Gasteiger partial charge in [-0.3, -0.25) is 0 Å². The van der Waals surface area contributed by atoms with Gasteiger partial charge in [0.05, 0.1) is 0 Å². The third kappa shape index (κ3) is 4.00. The van der Waals surface area contributed by atoms with E-state index in [0.29, 0.717) is 5.54 Å². The summed E-state index contributed by atoms with van der Waals surface area (Å²) in [5, 5.41) is 5.35. The van der Waals surface area contributed by atoms with Gasteiger partial charge in [0.25, 0.3) is 0 Å². The molecular weight excluding hydrogens is 503 g/mol. The molecule has 0 bridgehead atoms. The van der Waals surface area contributed by atoms with Gasteiger partial charge < -0.3 is 0 Å². The zero-order valence-corrected chi connectivity index (χ0v) is 22.5. The second-order valence-electron chi connectivity index (χ2n) is 8.18. The first kappa shape index (κ1) is 22.0. The van der Waals surface area contributed by atoms with E-state index >= 15 is 0 Å². The van der Waals surface area contributed by atoms with Crippen LogP contribution in [0.4, 0.5) is 0 Å². The summed E-state index contributed by atoms with van der Waals surface area (Å²) < 4.78 is 0.